The lowest BCUT2D eigenvalue weighted by Gasteiger charge is -2.26. The van der Waals surface area contributed by atoms with Gasteiger partial charge in [0.25, 0.3) is 11.8 Å². The number of carbonyl (C=O) groups excluding carboxylic acids is 3. The maximum Gasteiger partial charge on any atom is 0.335 e. The summed E-state index contributed by atoms with van der Waals surface area (Å²) in [6.07, 6.45) is 3.22. The summed E-state index contributed by atoms with van der Waals surface area (Å²) in [6.45, 7) is 0.868. The molecule has 0 radical (unpaired) electrons. The molecular weight excluding hydrogens is 401 g/mol. The summed E-state index contributed by atoms with van der Waals surface area (Å²) < 4.78 is 20.7. The lowest BCUT2D eigenvalue weighted by molar-refractivity contribution is -0.122. The van der Waals surface area contributed by atoms with E-state index in [1.165, 1.54) is 18.2 Å². The molecule has 7 nitrogen and oxygen atoms in total. The van der Waals surface area contributed by atoms with Crippen LogP contribution in [0.15, 0.2) is 78.5 Å². The summed E-state index contributed by atoms with van der Waals surface area (Å²) in [5.74, 6) is -1.34. The zero-order chi connectivity index (χ0) is 21.8. The molecule has 0 spiro atoms. The molecule has 1 aromatic heterocycles. The number of urea groups is 1. The quantitative estimate of drug-likeness (QED) is 0.491. The van der Waals surface area contributed by atoms with Crippen molar-refractivity contribution >= 4 is 29.6 Å². The van der Waals surface area contributed by atoms with Crippen LogP contribution in [0.1, 0.15) is 5.69 Å². The molecule has 1 aliphatic rings. The lowest BCUT2D eigenvalue weighted by atomic mass is 10.1. The van der Waals surface area contributed by atoms with Crippen LogP contribution in [0, 0.1) is 5.82 Å². The van der Waals surface area contributed by atoms with Gasteiger partial charge in [-0.25, -0.2) is 14.1 Å². The molecule has 31 heavy (non-hydrogen) atoms. The van der Waals surface area contributed by atoms with Gasteiger partial charge < -0.3 is 9.30 Å². The van der Waals surface area contributed by atoms with Crippen LogP contribution in [-0.2, 0) is 16.1 Å². The lowest BCUT2D eigenvalue weighted by Crippen LogP contribution is -2.54. The Morgan fingerprint density at radius 1 is 0.935 bits per heavy atom. The van der Waals surface area contributed by atoms with Crippen LogP contribution < -0.4 is 15.0 Å². The summed E-state index contributed by atoms with van der Waals surface area (Å²) >= 11 is 0. The molecule has 2 aromatic carbocycles. The maximum absolute atomic E-state index is 13.2. The third kappa shape index (κ3) is 4.37. The fraction of sp³-hybridized carbons (Fsp3) is 0.0870. The molecule has 156 valence electrons. The number of ether oxygens (including phenoxy) is 1. The Morgan fingerprint density at radius 2 is 1.68 bits per heavy atom. The Kier molecular flexibility index (Phi) is 5.61. The smallest absolute Gasteiger partial charge is 0.335 e. The van der Waals surface area contributed by atoms with Crippen molar-refractivity contribution in [1.82, 2.24) is 9.88 Å². The van der Waals surface area contributed by atoms with Gasteiger partial charge in [-0.2, -0.15) is 0 Å². The van der Waals surface area contributed by atoms with E-state index in [4.69, 9.17) is 4.74 Å². The SMILES string of the molecule is O=C1NC(=O)N(c2ccc(F)cc2)C(=O)C1=Cc1cccn1CCOc1ccccc1. The van der Waals surface area contributed by atoms with Crippen LogP contribution in [0.5, 0.6) is 5.75 Å². The average molecular weight is 419 g/mol. The van der Waals surface area contributed by atoms with E-state index in [2.05, 4.69) is 5.32 Å². The number of rotatable bonds is 6. The topological polar surface area (TPSA) is 80.6 Å². The molecular formula is C23H18FN3O4. The van der Waals surface area contributed by atoms with Gasteiger partial charge in [-0.15, -0.1) is 0 Å². The number of para-hydroxylation sites is 1. The van der Waals surface area contributed by atoms with Gasteiger partial charge in [0.2, 0.25) is 0 Å². The minimum atomic E-state index is -0.884. The van der Waals surface area contributed by atoms with Gasteiger partial charge >= 0.3 is 6.03 Å². The van der Waals surface area contributed by atoms with E-state index < -0.39 is 23.7 Å². The Bertz CT molecular complexity index is 1150. The van der Waals surface area contributed by atoms with Crippen LogP contribution in [-0.4, -0.2) is 29.0 Å². The molecule has 8 heteroatoms. The van der Waals surface area contributed by atoms with E-state index in [0.717, 1.165) is 22.8 Å². The standard InChI is InChI=1S/C23H18FN3O4/c24-16-8-10-17(11-9-16)27-22(29)20(21(28)25-23(27)30)15-18-5-4-12-26(18)13-14-31-19-6-2-1-3-7-19/h1-12,15H,13-14H2,(H,25,28,30). The van der Waals surface area contributed by atoms with Crippen molar-refractivity contribution in [3.63, 3.8) is 0 Å². The van der Waals surface area contributed by atoms with Gasteiger partial charge in [-0.1, -0.05) is 18.2 Å². The molecule has 4 amide bonds. The minimum absolute atomic E-state index is 0.161. The van der Waals surface area contributed by atoms with Gasteiger partial charge in [0.05, 0.1) is 12.2 Å². The molecule has 0 unspecified atom stereocenters. The first-order valence-corrected chi connectivity index (χ1v) is 9.53. The third-order valence-electron chi connectivity index (χ3n) is 4.69. The molecule has 2 heterocycles. The molecule has 0 aliphatic carbocycles. The van der Waals surface area contributed by atoms with Crippen molar-refractivity contribution in [2.75, 3.05) is 11.5 Å². The van der Waals surface area contributed by atoms with E-state index in [9.17, 15) is 18.8 Å². The summed E-state index contributed by atoms with van der Waals surface area (Å²) in [5, 5.41) is 2.15. The highest BCUT2D eigenvalue weighted by atomic mass is 19.1. The molecule has 0 atom stereocenters. The van der Waals surface area contributed by atoms with Crippen LogP contribution in [0.2, 0.25) is 0 Å². The third-order valence-corrected chi connectivity index (χ3v) is 4.69. The van der Waals surface area contributed by atoms with E-state index in [1.54, 1.807) is 18.3 Å². The highest BCUT2D eigenvalue weighted by Crippen LogP contribution is 2.22. The van der Waals surface area contributed by atoms with Gasteiger partial charge in [0, 0.05) is 11.9 Å². The predicted molar refractivity (Wildman–Crippen MR) is 112 cm³/mol. The first kappa shape index (κ1) is 20.1. The van der Waals surface area contributed by atoms with Crippen molar-refractivity contribution in [2.24, 2.45) is 0 Å². The number of carbonyl (C=O) groups is 3. The molecule has 1 N–H and O–H groups in total. The number of imide groups is 2. The number of nitrogens with one attached hydrogen (secondary N) is 1. The Hall–Kier alpha value is -4.20. The summed E-state index contributed by atoms with van der Waals surface area (Å²) in [4.78, 5) is 38.3. The number of amides is 4. The van der Waals surface area contributed by atoms with Crippen molar-refractivity contribution < 1.29 is 23.5 Å². The molecule has 1 aliphatic heterocycles. The number of aromatic nitrogens is 1. The van der Waals surface area contributed by atoms with Gasteiger partial charge in [0.1, 0.15) is 23.7 Å². The highest BCUT2D eigenvalue weighted by molar-refractivity contribution is 6.39. The van der Waals surface area contributed by atoms with E-state index in [0.29, 0.717) is 18.8 Å². The second-order valence-electron chi connectivity index (χ2n) is 6.72. The molecule has 0 saturated carbocycles. The summed E-state index contributed by atoms with van der Waals surface area (Å²) in [6, 6.07) is 16.9. The van der Waals surface area contributed by atoms with Crippen LogP contribution in [0.3, 0.4) is 0 Å². The summed E-state index contributed by atoms with van der Waals surface area (Å²) in [5.41, 5.74) is 0.561. The largest absolute Gasteiger partial charge is 0.492 e. The molecule has 4 rings (SSSR count). The van der Waals surface area contributed by atoms with Gasteiger partial charge in [0.15, 0.2) is 0 Å². The average Bonchev–Trinajstić information content (AvgIpc) is 3.20. The Labute approximate surface area is 177 Å². The van der Waals surface area contributed by atoms with E-state index in [-0.39, 0.29) is 11.3 Å². The van der Waals surface area contributed by atoms with E-state index in [1.807, 2.05) is 34.9 Å². The van der Waals surface area contributed by atoms with Crippen molar-refractivity contribution in [3.05, 3.63) is 90.0 Å². The van der Waals surface area contributed by atoms with Crippen LogP contribution in [0.25, 0.3) is 6.08 Å². The van der Waals surface area contributed by atoms with Crippen molar-refractivity contribution in [3.8, 4) is 5.75 Å². The maximum atomic E-state index is 13.2. The molecule has 1 saturated heterocycles. The Morgan fingerprint density at radius 3 is 2.42 bits per heavy atom. The minimum Gasteiger partial charge on any atom is -0.492 e. The number of anilines is 1. The fourth-order valence-corrected chi connectivity index (χ4v) is 3.17. The molecule has 0 bridgehead atoms. The number of halogens is 1. The van der Waals surface area contributed by atoms with Crippen LogP contribution in [0.4, 0.5) is 14.9 Å². The van der Waals surface area contributed by atoms with Gasteiger partial charge in [-0.3, -0.25) is 14.9 Å². The van der Waals surface area contributed by atoms with Crippen LogP contribution >= 0.6 is 0 Å². The van der Waals surface area contributed by atoms with E-state index >= 15 is 0 Å². The number of barbiturate groups is 1. The zero-order valence-electron chi connectivity index (χ0n) is 16.3. The predicted octanol–water partition coefficient (Wildman–Crippen LogP) is 3.37. The van der Waals surface area contributed by atoms with Crippen molar-refractivity contribution in [1.29, 1.82) is 0 Å². The number of hydrogen-bond donors (Lipinski definition) is 1. The second kappa shape index (κ2) is 8.66. The zero-order valence-corrected chi connectivity index (χ0v) is 16.3. The monoisotopic (exact) mass is 419 g/mol. The normalized spacial score (nSPS) is 15.3. The number of hydrogen-bond acceptors (Lipinski definition) is 4. The highest BCUT2D eigenvalue weighted by Gasteiger charge is 2.36. The van der Waals surface area contributed by atoms with Crippen molar-refractivity contribution in [2.45, 2.75) is 6.54 Å². The molecule has 3 aromatic rings. The summed E-state index contributed by atoms with van der Waals surface area (Å²) in [7, 11) is 0. The second-order valence-corrected chi connectivity index (χ2v) is 6.72. The number of nitrogens with zero attached hydrogens (tertiary/aromatic N) is 2. The first-order chi connectivity index (χ1) is 15.0. The Balaban J connectivity index is 1.54. The first-order valence-electron chi connectivity index (χ1n) is 9.53. The van der Waals surface area contributed by atoms with Gasteiger partial charge in [-0.05, 0) is 54.6 Å². The molecule has 1 fully saturated rings. The number of benzene rings is 2. The fourth-order valence-electron chi connectivity index (χ4n) is 3.17.